The van der Waals surface area contributed by atoms with E-state index in [1.165, 1.54) is 38.5 Å². The molecule has 1 saturated heterocycles. The Morgan fingerprint density at radius 1 is 0.926 bits per heavy atom. The zero-order chi connectivity index (χ0) is 19.1. The summed E-state index contributed by atoms with van der Waals surface area (Å²) in [6.45, 7) is 10.6. The number of benzene rings is 2. The van der Waals surface area contributed by atoms with Gasteiger partial charge in [-0.25, -0.2) is 0 Å². The van der Waals surface area contributed by atoms with Crippen LogP contribution in [-0.2, 0) is 22.2 Å². The summed E-state index contributed by atoms with van der Waals surface area (Å²) in [6, 6.07) is 9.12. The molecule has 2 aromatic carbocycles. The quantitative estimate of drug-likeness (QED) is 0.659. The Hall–Kier alpha value is -1.84. The van der Waals surface area contributed by atoms with E-state index in [9.17, 15) is 0 Å². The van der Waals surface area contributed by atoms with Crippen LogP contribution in [0.5, 0.6) is 0 Å². The molecule has 1 aromatic heterocycles. The molecule has 1 aliphatic carbocycles. The van der Waals surface area contributed by atoms with E-state index >= 15 is 0 Å². The fourth-order valence-electron chi connectivity index (χ4n) is 4.61. The van der Waals surface area contributed by atoms with Gasteiger partial charge in [-0.15, -0.1) is 0 Å². The van der Waals surface area contributed by atoms with Crippen molar-refractivity contribution in [3.8, 4) is 0 Å². The summed E-state index contributed by atoms with van der Waals surface area (Å²) in [6.07, 6.45) is 4.06. The SMILES string of the molecule is B=Cn1c2cc(C)cc3c2c2c(cc(B4OC(C)(C)C(C)(C)O4)cc21)CC3. The Morgan fingerprint density at radius 3 is 2.07 bits per heavy atom. The van der Waals surface area contributed by atoms with Crippen LogP contribution in [0.25, 0.3) is 21.8 Å². The second-order valence-electron chi connectivity index (χ2n) is 9.03. The number of nitrogens with zero attached hydrogens (tertiary/aromatic N) is 1. The van der Waals surface area contributed by atoms with Gasteiger partial charge in [0.2, 0.25) is 0 Å². The van der Waals surface area contributed by atoms with Crippen molar-refractivity contribution < 1.29 is 9.31 Å². The van der Waals surface area contributed by atoms with Crippen molar-refractivity contribution in [2.24, 2.45) is 0 Å². The number of hydrogen-bond acceptors (Lipinski definition) is 2. The van der Waals surface area contributed by atoms with Gasteiger partial charge in [0.05, 0.1) is 0 Å². The average Bonchev–Trinajstić information content (AvgIpc) is 3.02. The molecule has 3 nitrogen and oxygen atoms in total. The van der Waals surface area contributed by atoms with Crippen LogP contribution < -0.4 is 5.46 Å². The van der Waals surface area contributed by atoms with Gasteiger partial charge in [-0.1, -0.05) is 0 Å². The first-order valence-corrected chi connectivity index (χ1v) is 9.80. The molecular formula is C22H25B2NO2. The van der Waals surface area contributed by atoms with Gasteiger partial charge in [0.1, 0.15) is 0 Å². The Balaban J connectivity index is 1.78. The van der Waals surface area contributed by atoms with Crippen molar-refractivity contribution in [2.75, 3.05) is 0 Å². The third-order valence-corrected chi connectivity index (χ3v) is 6.71. The maximum absolute atomic E-state index is 6.32. The molecule has 136 valence electrons. The van der Waals surface area contributed by atoms with Gasteiger partial charge < -0.3 is 0 Å². The summed E-state index contributed by atoms with van der Waals surface area (Å²) in [5.41, 5.74) is 7.03. The molecular weight excluding hydrogens is 332 g/mol. The first-order chi connectivity index (χ1) is 12.7. The molecule has 1 aliphatic heterocycles. The van der Waals surface area contributed by atoms with Gasteiger partial charge in [-0.3, -0.25) is 0 Å². The van der Waals surface area contributed by atoms with E-state index in [2.05, 4.69) is 70.9 Å². The van der Waals surface area contributed by atoms with Crippen LogP contribution in [0.2, 0.25) is 0 Å². The standard InChI is InChI=1S/C22H25B2NO2/c1-13-8-14-6-7-15-10-16(24-26-21(2,3)22(4,5)27-24)11-18-20(15)19(14)17(9-13)25(18)12-23/h8-12,23H,6-7H2,1-5H3. The Bertz CT molecular complexity index is 1110. The first kappa shape index (κ1) is 17.3. The second-order valence-corrected chi connectivity index (χ2v) is 9.03. The van der Waals surface area contributed by atoms with Crippen LogP contribution in [0.15, 0.2) is 24.3 Å². The molecule has 0 amide bonds. The molecule has 5 rings (SSSR count). The monoisotopic (exact) mass is 357 g/mol. The zero-order valence-corrected chi connectivity index (χ0v) is 16.8. The molecule has 0 atom stereocenters. The normalized spacial score (nSPS) is 20.1. The molecule has 0 saturated carbocycles. The molecule has 0 N–H and O–H groups in total. The van der Waals surface area contributed by atoms with E-state index in [1.807, 2.05) is 6.09 Å². The molecule has 3 aromatic rings. The van der Waals surface area contributed by atoms with Crippen molar-refractivity contribution in [1.29, 1.82) is 0 Å². The molecule has 27 heavy (non-hydrogen) atoms. The summed E-state index contributed by atoms with van der Waals surface area (Å²) in [7, 11) is 3.75. The fraction of sp³-hybridized carbons (Fsp3) is 0.409. The Morgan fingerprint density at radius 2 is 1.48 bits per heavy atom. The topological polar surface area (TPSA) is 23.4 Å². The second kappa shape index (κ2) is 5.36. The van der Waals surface area contributed by atoms with Gasteiger partial charge in [0.15, 0.2) is 0 Å². The van der Waals surface area contributed by atoms with E-state index in [4.69, 9.17) is 9.31 Å². The van der Waals surface area contributed by atoms with E-state index in [1.54, 1.807) is 0 Å². The van der Waals surface area contributed by atoms with E-state index < -0.39 is 0 Å². The van der Waals surface area contributed by atoms with Crippen LogP contribution in [0, 0.1) is 6.92 Å². The summed E-state index contributed by atoms with van der Waals surface area (Å²) in [5, 5.41) is 2.75. The summed E-state index contributed by atoms with van der Waals surface area (Å²) in [5.74, 6) is 0. The van der Waals surface area contributed by atoms with Crippen LogP contribution in [0.4, 0.5) is 0 Å². The first-order valence-electron chi connectivity index (χ1n) is 9.80. The molecule has 1 fully saturated rings. The van der Waals surface area contributed by atoms with Gasteiger partial charge in [-0.05, 0) is 0 Å². The summed E-state index contributed by atoms with van der Waals surface area (Å²) >= 11 is 0. The molecule has 0 unspecified atom stereocenters. The predicted octanol–water partition coefficient (Wildman–Crippen LogP) is 3.01. The molecule has 0 spiro atoms. The summed E-state index contributed by atoms with van der Waals surface area (Å²) in [4.78, 5) is 0. The van der Waals surface area contributed by atoms with Crippen LogP contribution in [0.3, 0.4) is 0 Å². The molecule has 5 heteroatoms. The summed E-state index contributed by atoms with van der Waals surface area (Å²) < 4.78 is 14.9. The minimum atomic E-state index is -0.338. The van der Waals surface area contributed by atoms with Gasteiger partial charge in [0.25, 0.3) is 0 Å². The number of aromatic nitrogens is 1. The number of rotatable bonds is 2. The van der Waals surface area contributed by atoms with Crippen LogP contribution >= 0.6 is 0 Å². The van der Waals surface area contributed by atoms with Crippen molar-refractivity contribution in [1.82, 2.24) is 4.57 Å². The minimum absolute atomic E-state index is 0.334. The third kappa shape index (κ3) is 2.28. The van der Waals surface area contributed by atoms with E-state index in [0.29, 0.717) is 0 Å². The Kier molecular flexibility index (Phi) is 3.43. The number of aryl methyl sites for hydroxylation is 3. The molecule has 2 heterocycles. The molecule has 2 aliphatic rings. The van der Waals surface area contributed by atoms with Crippen LogP contribution in [-0.4, -0.2) is 36.5 Å². The van der Waals surface area contributed by atoms with Crippen LogP contribution in [0.1, 0.15) is 44.4 Å². The van der Waals surface area contributed by atoms with Gasteiger partial charge >= 0.3 is 161 Å². The average molecular weight is 357 g/mol. The Labute approximate surface area is 161 Å². The zero-order valence-electron chi connectivity index (χ0n) is 16.8. The molecule has 0 radical (unpaired) electrons. The third-order valence-electron chi connectivity index (χ3n) is 6.71. The van der Waals surface area contributed by atoms with Crippen molar-refractivity contribution in [3.05, 3.63) is 41.0 Å². The van der Waals surface area contributed by atoms with Crippen molar-refractivity contribution >= 4 is 48.0 Å². The molecule has 0 bridgehead atoms. The van der Waals surface area contributed by atoms with E-state index in [0.717, 1.165) is 18.3 Å². The maximum atomic E-state index is 6.32. The van der Waals surface area contributed by atoms with Gasteiger partial charge in [0, 0.05) is 0 Å². The van der Waals surface area contributed by atoms with Crippen molar-refractivity contribution in [2.45, 2.75) is 58.7 Å². The van der Waals surface area contributed by atoms with Crippen molar-refractivity contribution in [3.63, 3.8) is 0 Å². The van der Waals surface area contributed by atoms with Gasteiger partial charge in [-0.2, -0.15) is 0 Å². The van der Waals surface area contributed by atoms with E-state index in [-0.39, 0.29) is 18.3 Å². The fourth-order valence-corrected chi connectivity index (χ4v) is 4.61. The predicted molar refractivity (Wildman–Crippen MR) is 116 cm³/mol. The number of hydrogen-bond donors (Lipinski definition) is 0.